The topological polar surface area (TPSA) is 89.9 Å². The first-order chi connectivity index (χ1) is 15.1. The Balaban J connectivity index is 1.34. The van der Waals surface area contributed by atoms with E-state index in [0.717, 1.165) is 38.4 Å². The van der Waals surface area contributed by atoms with Crippen LogP contribution in [0.1, 0.15) is 22.3 Å². The SMILES string of the molecule is NC(=O)c1ccc(-c2cn3c(n2)sc2cc(CCC(=O)N4CCOCC4)ccc23)cc1. The van der Waals surface area contributed by atoms with Crippen LogP contribution in [-0.2, 0) is 16.0 Å². The Morgan fingerprint density at radius 1 is 1.10 bits per heavy atom. The predicted molar refractivity (Wildman–Crippen MR) is 120 cm³/mol. The Kier molecular flexibility index (Phi) is 5.17. The second-order valence-electron chi connectivity index (χ2n) is 7.62. The van der Waals surface area contributed by atoms with E-state index in [-0.39, 0.29) is 5.91 Å². The van der Waals surface area contributed by atoms with E-state index >= 15 is 0 Å². The van der Waals surface area contributed by atoms with Gasteiger partial charge in [-0.2, -0.15) is 0 Å². The molecule has 0 radical (unpaired) electrons. The van der Waals surface area contributed by atoms with Gasteiger partial charge in [-0.3, -0.25) is 14.0 Å². The summed E-state index contributed by atoms with van der Waals surface area (Å²) in [5.74, 6) is -0.248. The van der Waals surface area contributed by atoms with Crippen molar-refractivity contribution in [3.63, 3.8) is 0 Å². The molecule has 8 heteroatoms. The molecule has 0 saturated carbocycles. The number of aryl methyl sites for hydroxylation is 1. The summed E-state index contributed by atoms with van der Waals surface area (Å²) in [5, 5.41) is 0. The molecule has 2 aromatic carbocycles. The van der Waals surface area contributed by atoms with Crippen LogP contribution in [0.5, 0.6) is 0 Å². The summed E-state index contributed by atoms with van der Waals surface area (Å²) >= 11 is 1.63. The molecule has 2 aromatic heterocycles. The predicted octanol–water partition coefficient (Wildman–Crippen LogP) is 3.11. The highest BCUT2D eigenvalue weighted by molar-refractivity contribution is 7.23. The Morgan fingerprint density at radius 3 is 2.61 bits per heavy atom. The summed E-state index contributed by atoms with van der Waals surface area (Å²) in [5.41, 5.74) is 9.83. The number of hydrogen-bond acceptors (Lipinski definition) is 5. The van der Waals surface area contributed by atoms with Gasteiger partial charge in [0.15, 0.2) is 4.96 Å². The first-order valence-corrected chi connectivity index (χ1v) is 11.1. The molecule has 1 fully saturated rings. The molecule has 7 nitrogen and oxygen atoms in total. The number of thiazole rings is 1. The van der Waals surface area contributed by atoms with Gasteiger partial charge in [-0.1, -0.05) is 29.5 Å². The van der Waals surface area contributed by atoms with Crippen LogP contribution < -0.4 is 5.73 Å². The molecule has 1 aliphatic heterocycles. The second kappa shape index (κ2) is 8.13. The average Bonchev–Trinajstić information content (AvgIpc) is 3.36. The molecule has 1 saturated heterocycles. The number of morpholine rings is 1. The lowest BCUT2D eigenvalue weighted by molar-refractivity contribution is -0.135. The normalized spacial score (nSPS) is 14.4. The summed E-state index contributed by atoms with van der Waals surface area (Å²) < 4.78 is 8.54. The Labute approximate surface area is 183 Å². The molecular weight excluding hydrogens is 412 g/mol. The number of nitrogens with zero attached hydrogens (tertiary/aromatic N) is 3. The highest BCUT2D eigenvalue weighted by Gasteiger charge is 2.17. The Hall–Kier alpha value is -3.23. The number of ether oxygens (including phenoxy) is 1. The summed E-state index contributed by atoms with van der Waals surface area (Å²) in [6.07, 6.45) is 3.25. The number of primary amides is 1. The van der Waals surface area contributed by atoms with Crippen molar-refractivity contribution < 1.29 is 14.3 Å². The maximum Gasteiger partial charge on any atom is 0.248 e. The molecule has 0 unspecified atom stereocenters. The van der Waals surface area contributed by atoms with Gasteiger partial charge in [-0.15, -0.1) is 0 Å². The highest BCUT2D eigenvalue weighted by atomic mass is 32.1. The number of nitrogens with two attached hydrogens (primary N) is 1. The minimum atomic E-state index is -0.439. The van der Waals surface area contributed by atoms with Crippen molar-refractivity contribution in [1.82, 2.24) is 14.3 Å². The first-order valence-electron chi connectivity index (χ1n) is 10.2. The van der Waals surface area contributed by atoms with Crippen LogP contribution in [0.25, 0.3) is 26.4 Å². The summed E-state index contributed by atoms with van der Waals surface area (Å²) in [6, 6.07) is 13.5. The molecule has 3 heterocycles. The van der Waals surface area contributed by atoms with Gasteiger partial charge in [0, 0.05) is 36.8 Å². The average molecular weight is 435 g/mol. The summed E-state index contributed by atoms with van der Waals surface area (Å²) in [4.78, 5) is 31.2. The van der Waals surface area contributed by atoms with Gasteiger partial charge in [-0.05, 0) is 36.2 Å². The second-order valence-corrected chi connectivity index (χ2v) is 8.63. The molecule has 0 atom stereocenters. The number of carbonyl (C=O) groups is 2. The number of aromatic nitrogens is 2. The van der Waals surface area contributed by atoms with Crippen molar-refractivity contribution in [2.24, 2.45) is 5.73 Å². The molecule has 31 heavy (non-hydrogen) atoms. The number of benzene rings is 2. The van der Waals surface area contributed by atoms with Crippen LogP contribution in [0.3, 0.4) is 0 Å². The minimum absolute atomic E-state index is 0.191. The van der Waals surface area contributed by atoms with E-state index < -0.39 is 5.91 Å². The standard InChI is InChI=1S/C23H22N4O3S/c24-22(29)17-5-3-16(4-6-17)18-14-27-19-7-1-15(13-20(19)31-23(27)25-18)2-8-21(28)26-9-11-30-12-10-26/h1,3-7,13-14H,2,8-12H2,(H2,24,29). The lowest BCUT2D eigenvalue weighted by Crippen LogP contribution is -2.40. The third kappa shape index (κ3) is 3.92. The smallest absolute Gasteiger partial charge is 0.248 e. The van der Waals surface area contributed by atoms with Gasteiger partial charge in [0.1, 0.15) is 0 Å². The number of fused-ring (bicyclic) bond motifs is 3. The highest BCUT2D eigenvalue weighted by Crippen LogP contribution is 2.30. The molecular formula is C23H22N4O3S. The van der Waals surface area contributed by atoms with Gasteiger partial charge >= 0.3 is 0 Å². The molecule has 2 amide bonds. The van der Waals surface area contributed by atoms with Gasteiger partial charge < -0.3 is 15.4 Å². The van der Waals surface area contributed by atoms with Crippen LogP contribution in [0, 0.1) is 0 Å². The largest absolute Gasteiger partial charge is 0.378 e. The van der Waals surface area contributed by atoms with Gasteiger partial charge in [0.25, 0.3) is 0 Å². The molecule has 0 bridgehead atoms. The zero-order chi connectivity index (χ0) is 21.4. The van der Waals surface area contributed by atoms with E-state index in [2.05, 4.69) is 22.6 Å². The minimum Gasteiger partial charge on any atom is -0.378 e. The van der Waals surface area contributed by atoms with Crippen molar-refractivity contribution in [1.29, 1.82) is 0 Å². The van der Waals surface area contributed by atoms with Crippen LogP contribution in [0.15, 0.2) is 48.7 Å². The Morgan fingerprint density at radius 2 is 1.87 bits per heavy atom. The number of hydrogen-bond donors (Lipinski definition) is 1. The van der Waals surface area contributed by atoms with E-state index in [0.29, 0.717) is 38.3 Å². The molecule has 4 aromatic rings. The molecule has 1 aliphatic rings. The maximum atomic E-state index is 12.4. The van der Waals surface area contributed by atoms with E-state index in [1.807, 2.05) is 23.2 Å². The summed E-state index contributed by atoms with van der Waals surface area (Å²) in [7, 11) is 0. The van der Waals surface area contributed by atoms with Crippen LogP contribution in [0.4, 0.5) is 0 Å². The van der Waals surface area contributed by atoms with E-state index in [1.165, 1.54) is 0 Å². The lowest BCUT2D eigenvalue weighted by Gasteiger charge is -2.26. The number of imidazole rings is 1. The van der Waals surface area contributed by atoms with Crippen molar-refractivity contribution in [2.75, 3.05) is 26.3 Å². The van der Waals surface area contributed by atoms with Gasteiger partial charge in [-0.25, -0.2) is 4.98 Å². The molecule has 158 valence electrons. The zero-order valence-corrected chi connectivity index (χ0v) is 17.7. The molecule has 0 spiro atoms. The fourth-order valence-corrected chi connectivity index (χ4v) is 4.94. The van der Waals surface area contributed by atoms with E-state index in [1.54, 1.807) is 23.5 Å². The third-order valence-electron chi connectivity index (χ3n) is 5.62. The van der Waals surface area contributed by atoms with Crippen LogP contribution >= 0.6 is 11.3 Å². The lowest BCUT2D eigenvalue weighted by atomic mass is 10.1. The van der Waals surface area contributed by atoms with Crippen molar-refractivity contribution in [3.05, 3.63) is 59.8 Å². The number of amides is 2. The zero-order valence-electron chi connectivity index (χ0n) is 16.9. The molecule has 5 rings (SSSR count). The fourth-order valence-electron chi connectivity index (χ4n) is 3.87. The third-order valence-corrected chi connectivity index (χ3v) is 6.63. The Bertz CT molecular complexity index is 1270. The van der Waals surface area contributed by atoms with Crippen LogP contribution in [-0.4, -0.2) is 52.4 Å². The molecule has 2 N–H and O–H groups in total. The van der Waals surface area contributed by atoms with E-state index in [4.69, 9.17) is 15.5 Å². The van der Waals surface area contributed by atoms with Crippen molar-refractivity contribution in [3.8, 4) is 11.3 Å². The monoisotopic (exact) mass is 434 g/mol. The van der Waals surface area contributed by atoms with Crippen molar-refractivity contribution >= 4 is 38.3 Å². The number of carbonyl (C=O) groups excluding carboxylic acids is 2. The maximum absolute atomic E-state index is 12.4. The number of rotatable bonds is 5. The van der Waals surface area contributed by atoms with Crippen molar-refractivity contribution in [2.45, 2.75) is 12.8 Å². The molecule has 0 aliphatic carbocycles. The van der Waals surface area contributed by atoms with Crippen LogP contribution in [0.2, 0.25) is 0 Å². The van der Waals surface area contributed by atoms with Gasteiger partial charge in [0.2, 0.25) is 11.8 Å². The first kappa shape index (κ1) is 19.7. The van der Waals surface area contributed by atoms with Gasteiger partial charge in [0.05, 0.1) is 29.1 Å². The summed E-state index contributed by atoms with van der Waals surface area (Å²) in [6.45, 7) is 2.63. The fraction of sp³-hybridized carbons (Fsp3) is 0.261. The van der Waals surface area contributed by atoms with E-state index in [9.17, 15) is 9.59 Å². The quantitative estimate of drug-likeness (QED) is 0.523.